The van der Waals surface area contributed by atoms with Crippen LogP contribution in [0.25, 0.3) is 0 Å². The van der Waals surface area contributed by atoms with Crippen LogP contribution >= 0.6 is 0 Å². The number of hydrogen-bond donors (Lipinski definition) is 1. The molecule has 1 atom stereocenters. The van der Waals surface area contributed by atoms with E-state index < -0.39 is 0 Å². The minimum absolute atomic E-state index is 0.567. The Balaban J connectivity index is 2.44. The van der Waals surface area contributed by atoms with Crippen LogP contribution < -0.4 is 0 Å². The fourth-order valence-electron chi connectivity index (χ4n) is 1.37. The van der Waals surface area contributed by atoms with E-state index in [0.717, 1.165) is 19.1 Å². The SMILES string of the molecule is CC(CC/C=C\O)c1ccccc1. The van der Waals surface area contributed by atoms with Crippen LogP contribution in [0, 0.1) is 0 Å². The Bertz CT molecular complexity index is 251. The fourth-order valence-corrected chi connectivity index (χ4v) is 1.37. The molecule has 0 saturated carbocycles. The van der Waals surface area contributed by atoms with E-state index in [9.17, 15) is 0 Å². The molecule has 0 fully saturated rings. The summed E-state index contributed by atoms with van der Waals surface area (Å²) in [4.78, 5) is 0. The van der Waals surface area contributed by atoms with Crippen LogP contribution in [0.5, 0.6) is 0 Å². The van der Waals surface area contributed by atoms with E-state index in [4.69, 9.17) is 5.11 Å². The van der Waals surface area contributed by atoms with Crippen LogP contribution in [-0.2, 0) is 0 Å². The van der Waals surface area contributed by atoms with E-state index in [1.54, 1.807) is 6.08 Å². The van der Waals surface area contributed by atoms with Gasteiger partial charge in [0.25, 0.3) is 0 Å². The van der Waals surface area contributed by atoms with Crippen molar-refractivity contribution < 1.29 is 5.11 Å². The van der Waals surface area contributed by atoms with Crippen LogP contribution in [0.15, 0.2) is 42.7 Å². The molecule has 13 heavy (non-hydrogen) atoms. The highest BCUT2D eigenvalue weighted by Crippen LogP contribution is 2.19. The zero-order chi connectivity index (χ0) is 9.52. The van der Waals surface area contributed by atoms with Gasteiger partial charge in [-0.3, -0.25) is 0 Å². The Morgan fingerprint density at radius 1 is 1.31 bits per heavy atom. The van der Waals surface area contributed by atoms with Gasteiger partial charge in [0.15, 0.2) is 0 Å². The van der Waals surface area contributed by atoms with Gasteiger partial charge in [-0.05, 0) is 24.3 Å². The van der Waals surface area contributed by atoms with Crippen molar-refractivity contribution in [2.24, 2.45) is 0 Å². The quantitative estimate of drug-likeness (QED) is 0.694. The molecule has 0 heterocycles. The first kappa shape index (κ1) is 9.85. The van der Waals surface area contributed by atoms with Crippen LogP contribution in [0.2, 0.25) is 0 Å². The largest absolute Gasteiger partial charge is 0.516 e. The summed E-state index contributed by atoms with van der Waals surface area (Å²) in [7, 11) is 0. The topological polar surface area (TPSA) is 20.2 Å². The highest BCUT2D eigenvalue weighted by Gasteiger charge is 2.02. The lowest BCUT2D eigenvalue weighted by Crippen LogP contribution is -1.91. The highest BCUT2D eigenvalue weighted by molar-refractivity contribution is 5.18. The Kier molecular flexibility index (Phi) is 4.10. The van der Waals surface area contributed by atoms with E-state index in [1.165, 1.54) is 5.56 Å². The Labute approximate surface area is 79.7 Å². The first-order chi connectivity index (χ1) is 6.34. The number of rotatable bonds is 4. The summed E-state index contributed by atoms with van der Waals surface area (Å²) in [5.74, 6) is 0.567. The Morgan fingerprint density at radius 3 is 2.62 bits per heavy atom. The van der Waals surface area contributed by atoms with Crippen LogP contribution in [0.4, 0.5) is 0 Å². The molecule has 1 nitrogen and oxygen atoms in total. The molecule has 0 amide bonds. The van der Waals surface area contributed by atoms with Gasteiger partial charge in [0.1, 0.15) is 0 Å². The lowest BCUT2D eigenvalue weighted by Gasteiger charge is -2.09. The smallest absolute Gasteiger partial charge is 0.0751 e. The summed E-state index contributed by atoms with van der Waals surface area (Å²) < 4.78 is 0. The molecule has 0 radical (unpaired) electrons. The molecule has 0 bridgehead atoms. The molecular weight excluding hydrogens is 160 g/mol. The fraction of sp³-hybridized carbons (Fsp3) is 0.333. The Hall–Kier alpha value is -1.24. The highest BCUT2D eigenvalue weighted by atomic mass is 16.2. The summed E-state index contributed by atoms with van der Waals surface area (Å²) in [6.07, 6.45) is 4.94. The maximum absolute atomic E-state index is 8.47. The molecule has 1 aromatic rings. The predicted octanol–water partition coefficient (Wildman–Crippen LogP) is 3.64. The molecule has 1 unspecified atom stereocenters. The predicted molar refractivity (Wildman–Crippen MR) is 55.9 cm³/mol. The third-order valence-electron chi connectivity index (χ3n) is 2.24. The van der Waals surface area contributed by atoms with Crippen molar-refractivity contribution >= 4 is 0 Å². The zero-order valence-corrected chi connectivity index (χ0v) is 7.98. The monoisotopic (exact) mass is 176 g/mol. The van der Waals surface area contributed by atoms with Gasteiger partial charge in [-0.1, -0.05) is 43.3 Å². The second-order valence-corrected chi connectivity index (χ2v) is 3.27. The molecule has 1 aromatic carbocycles. The van der Waals surface area contributed by atoms with Gasteiger partial charge in [0.05, 0.1) is 6.26 Å². The summed E-state index contributed by atoms with van der Waals surface area (Å²) in [6, 6.07) is 10.5. The summed E-state index contributed by atoms with van der Waals surface area (Å²) >= 11 is 0. The van der Waals surface area contributed by atoms with Crippen molar-refractivity contribution in [3.8, 4) is 0 Å². The van der Waals surface area contributed by atoms with Crippen LogP contribution in [0.3, 0.4) is 0 Å². The molecule has 0 aliphatic rings. The van der Waals surface area contributed by atoms with Crippen molar-refractivity contribution in [1.29, 1.82) is 0 Å². The number of allylic oxidation sites excluding steroid dienone is 1. The number of aliphatic hydroxyl groups excluding tert-OH is 1. The van der Waals surface area contributed by atoms with Crippen molar-refractivity contribution in [2.45, 2.75) is 25.7 Å². The molecule has 0 aliphatic carbocycles. The third-order valence-corrected chi connectivity index (χ3v) is 2.24. The molecule has 1 N–H and O–H groups in total. The van der Waals surface area contributed by atoms with Crippen molar-refractivity contribution in [2.75, 3.05) is 0 Å². The third kappa shape index (κ3) is 3.32. The minimum Gasteiger partial charge on any atom is -0.516 e. The number of hydrogen-bond acceptors (Lipinski definition) is 1. The number of aliphatic hydroxyl groups is 1. The molecule has 1 rings (SSSR count). The average molecular weight is 176 g/mol. The van der Waals surface area contributed by atoms with E-state index in [1.807, 2.05) is 6.07 Å². The summed E-state index contributed by atoms with van der Waals surface area (Å²) in [6.45, 7) is 2.21. The van der Waals surface area contributed by atoms with Gasteiger partial charge in [0, 0.05) is 0 Å². The first-order valence-corrected chi connectivity index (χ1v) is 4.68. The molecule has 0 spiro atoms. The van der Waals surface area contributed by atoms with E-state index in [-0.39, 0.29) is 0 Å². The zero-order valence-electron chi connectivity index (χ0n) is 7.98. The lowest BCUT2D eigenvalue weighted by molar-refractivity contribution is 0.469. The normalized spacial score (nSPS) is 13.3. The van der Waals surface area contributed by atoms with Crippen molar-refractivity contribution in [3.63, 3.8) is 0 Å². The van der Waals surface area contributed by atoms with Gasteiger partial charge in [-0.25, -0.2) is 0 Å². The molecule has 0 aliphatic heterocycles. The van der Waals surface area contributed by atoms with Gasteiger partial charge < -0.3 is 5.11 Å². The van der Waals surface area contributed by atoms with Gasteiger partial charge >= 0.3 is 0 Å². The molecular formula is C12H16O. The summed E-state index contributed by atoms with van der Waals surface area (Å²) in [5, 5.41) is 8.47. The lowest BCUT2D eigenvalue weighted by atomic mass is 9.96. The van der Waals surface area contributed by atoms with Gasteiger partial charge in [0.2, 0.25) is 0 Å². The van der Waals surface area contributed by atoms with Crippen LogP contribution in [0.1, 0.15) is 31.2 Å². The van der Waals surface area contributed by atoms with E-state index in [2.05, 4.69) is 31.2 Å². The van der Waals surface area contributed by atoms with E-state index >= 15 is 0 Å². The standard InChI is InChI=1S/C12H16O/c1-11(7-5-6-10-13)12-8-3-2-4-9-12/h2-4,6,8-11,13H,5,7H2,1H3/b10-6-. The second-order valence-electron chi connectivity index (χ2n) is 3.27. The molecule has 0 aromatic heterocycles. The van der Waals surface area contributed by atoms with Crippen LogP contribution in [-0.4, -0.2) is 5.11 Å². The maximum atomic E-state index is 8.47. The second kappa shape index (κ2) is 5.41. The Morgan fingerprint density at radius 2 is 2.00 bits per heavy atom. The molecule has 1 heteroatoms. The van der Waals surface area contributed by atoms with E-state index in [0.29, 0.717) is 5.92 Å². The maximum Gasteiger partial charge on any atom is 0.0751 e. The number of benzene rings is 1. The van der Waals surface area contributed by atoms with Crippen molar-refractivity contribution in [3.05, 3.63) is 48.2 Å². The molecule has 0 saturated heterocycles. The summed E-state index contributed by atoms with van der Waals surface area (Å²) in [5.41, 5.74) is 1.37. The van der Waals surface area contributed by atoms with Gasteiger partial charge in [-0.15, -0.1) is 0 Å². The van der Waals surface area contributed by atoms with Crippen molar-refractivity contribution in [1.82, 2.24) is 0 Å². The molecule has 70 valence electrons. The average Bonchev–Trinajstić information content (AvgIpc) is 2.19. The van der Waals surface area contributed by atoms with Gasteiger partial charge in [-0.2, -0.15) is 0 Å². The first-order valence-electron chi connectivity index (χ1n) is 4.68. The minimum atomic E-state index is 0.567.